The number of aryl methyl sites for hydroxylation is 1. The zero-order valence-electron chi connectivity index (χ0n) is 14.8. The Kier molecular flexibility index (Phi) is 4.61. The van der Waals surface area contributed by atoms with Gasteiger partial charge in [0.2, 0.25) is 5.91 Å². The molecule has 0 saturated carbocycles. The van der Waals surface area contributed by atoms with Crippen molar-refractivity contribution in [2.45, 2.75) is 38.0 Å². The van der Waals surface area contributed by atoms with E-state index in [0.29, 0.717) is 18.9 Å². The third-order valence-electron chi connectivity index (χ3n) is 5.25. The smallest absolute Gasteiger partial charge is 0.225 e. The van der Waals surface area contributed by atoms with Crippen LogP contribution in [0.5, 0.6) is 0 Å². The average Bonchev–Trinajstić information content (AvgIpc) is 2.66. The highest BCUT2D eigenvalue weighted by molar-refractivity contribution is 5.95. The van der Waals surface area contributed by atoms with Crippen molar-refractivity contribution in [1.82, 2.24) is 0 Å². The maximum absolute atomic E-state index is 11.9. The van der Waals surface area contributed by atoms with Crippen molar-refractivity contribution in [3.8, 4) is 0 Å². The lowest BCUT2D eigenvalue weighted by molar-refractivity contribution is -0.116. The van der Waals surface area contributed by atoms with Gasteiger partial charge in [0.15, 0.2) is 5.96 Å². The molecule has 0 aromatic heterocycles. The van der Waals surface area contributed by atoms with Crippen LogP contribution in [-0.2, 0) is 17.6 Å². The Morgan fingerprint density at radius 1 is 1.15 bits per heavy atom. The van der Waals surface area contributed by atoms with Crippen molar-refractivity contribution >= 4 is 23.2 Å². The summed E-state index contributed by atoms with van der Waals surface area (Å²) in [5.74, 6) is 0.505. The SMILES string of the molecule is NC(=NCC1CC(=O)Nc2ccccc21)Nc1cccc2c1CCCC2. The molecular formula is C21H24N4O. The second-order valence-electron chi connectivity index (χ2n) is 7.04. The number of hydrogen-bond acceptors (Lipinski definition) is 2. The summed E-state index contributed by atoms with van der Waals surface area (Å²) in [5.41, 5.74) is 12.0. The summed E-state index contributed by atoms with van der Waals surface area (Å²) < 4.78 is 0. The number of para-hydroxylation sites is 1. The summed E-state index contributed by atoms with van der Waals surface area (Å²) in [6, 6.07) is 14.2. The molecule has 1 heterocycles. The van der Waals surface area contributed by atoms with Gasteiger partial charge in [0, 0.05) is 23.7 Å². The predicted octanol–water partition coefficient (Wildman–Crippen LogP) is 3.42. The second-order valence-corrected chi connectivity index (χ2v) is 7.04. The van der Waals surface area contributed by atoms with Gasteiger partial charge in [-0.2, -0.15) is 0 Å². The molecule has 2 aromatic carbocycles. The molecule has 2 aliphatic rings. The summed E-state index contributed by atoms with van der Waals surface area (Å²) in [4.78, 5) is 16.5. The first-order chi connectivity index (χ1) is 12.7. The molecule has 1 atom stereocenters. The molecule has 26 heavy (non-hydrogen) atoms. The molecule has 0 bridgehead atoms. The van der Waals surface area contributed by atoms with Crippen molar-refractivity contribution in [2.24, 2.45) is 10.7 Å². The Morgan fingerprint density at radius 2 is 2.00 bits per heavy atom. The Bertz CT molecular complexity index is 859. The van der Waals surface area contributed by atoms with E-state index >= 15 is 0 Å². The quantitative estimate of drug-likeness (QED) is 0.587. The Hall–Kier alpha value is -2.82. The van der Waals surface area contributed by atoms with Crippen LogP contribution in [0.1, 0.15) is 41.9 Å². The van der Waals surface area contributed by atoms with Gasteiger partial charge in [-0.1, -0.05) is 30.3 Å². The molecule has 5 heteroatoms. The molecule has 1 aliphatic carbocycles. The van der Waals surface area contributed by atoms with E-state index in [0.717, 1.165) is 29.8 Å². The number of aliphatic imine (C=N–C) groups is 1. The molecule has 1 unspecified atom stereocenters. The van der Waals surface area contributed by atoms with Gasteiger partial charge >= 0.3 is 0 Å². The third kappa shape index (κ3) is 3.43. The number of nitrogens with zero attached hydrogens (tertiary/aromatic N) is 1. The number of guanidine groups is 1. The fraction of sp³-hybridized carbons (Fsp3) is 0.333. The van der Waals surface area contributed by atoms with Crippen LogP contribution >= 0.6 is 0 Å². The van der Waals surface area contributed by atoms with Gasteiger partial charge in [-0.3, -0.25) is 9.79 Å². The number of benzene rings is 2. The van der Waals surface area contributed by atoms with E-state index in [4.69, 9.17) is 5.73 Å². The van der Waals surface area contributed by atoms with Crippen LogP contribution in [0.2, 0.25) is 0 Å². The first-order valence-electron chi connectivity index (χ1n) is 9.27. The zero-order valence-corrected chi connectivity index (χ0v) is 14.8. The molecule has 0 radical (unpaired) electrons. The lowest BCUT2D eigenvalue weighted by Crippen LogP contribution is -2.27. The summed E-state index contributed by atoms with van der Waals surface area (Å²) in [6.07, 6.45) is 5.13. The van der Waals surface area contributed by atoms with Crippen molar-refractivity contribution in [3.05, 3.63) is 59.2 Å². The summed E-state index contributed by atoms with van der Waals surface area (Å²) in [7, 11) is 0. The predicted molar refractivity (Wildman–Crippen MR) is 106 cm³/mol. The summed E-state index contributed by atoms with van der Waals surface area (Å²) in [5, 5.41) is 6.19. The molecule has 4 rings (SSSR count). The number of anilines is 2. The number of carbonyl (C=O) groups is 1. The number of carbonyl (C=O) groups excluding carboxylic acids is 1. The van der Waals surface area contributed by atoms with Crippen LogP contribution in [0.25, 0.3) is 0 Å². The number of nitrogens with two attached hydrogens (primary N) is 1. The van der Waals surface area contributed by atoms with E-state index in [1.165, 1.54) is 24.0 Å². The molecule has 0 fully saturated rings. The minimum atomic E-state index is 0.0348. The molecule has 2 aromatic rings. The van der Waals surface area contributed by atoms with Gasteiger partial charge in [0.1, 0.15) is 0 Å². The minimum Gasteiger partial charge on any atom is -0.370 e. The molecule has 5 nitrogen and oxygen atoms in total. The normalized spacial score (nSPS) is 19.3. The van der Waals surface area contributed by atoms with Gasteiger partial charge in [-0.15, -0.1) is 0 Å². The number of nitrogens with one attached hydrogen (secondary N) is 2. The summed E-state index contributed by atoms with van der Waals surface area (Å²) in [6.45, 7) is 0.498. The van der Waals surface area contributed by atoms with Crippen molar-refractivity contribution in [2.75, 3.05) is 17.2 Å². The Morgan fingerprint density at radius 3 is 2.92 bits per heavy atom. The zero-order chi connectivity index (χ0) is 17.9. The van der Waals surface area contributed by atoms with Gasteiger partial charge in [0.05, 0.1) is 6.54 Å². The number of hydrogen-bond donors (Lipinski definition) is 3. The minimum absolute atomic E-state index is 0.0348. The van der Waals surface area contributed by atoms with E-state index in [1.807, 2.05) is 24.3 Å². The molecule has 0 saturated heterocycles. The van der Waals surface area contributed by atoms with Crippen LogP contribution < -0.4 is 16.4 Å². The molecular weight excluding hydrogens is 324 g/mol. The fourth-order valence-corrected chi connectivity index (χ4v) is 3.95. The number of amides is 1. The van der Waals surface area contributed by atoms with Crippen molar-refractivity contribution in [1.29, 1.82) is 0 Å². The highest BCUT2D eigenvalue weighted by Gasteiger charge is 2.24. The average molecular weight is 348 g/mol. The molecule has 1 aliphatic heterocycles. The molecule has 4 N–H and O–H groups in total. The Labute approximate surface area is 153 Å². The van der Waals surface area contributed by atoms with Crippen LogP contribution in [0, 0.1) is 0 Å². The van der Waals surface area contributed by atoms with Crippen LogP contribution in [0.3, 0.4) is 0 Å². The summed E-state index contributed by atoms with van der Waals surface area (Å²) >= 11 is 0. The first-order valence-corrected chi connectivity index (χ1v) is 9.27. The van der Waals surface area contributed by atoms with E-state index in [1.54, 1.807) is 0 Å². The van der Waals surface area contributed by atoms with Crippen LogP contribution in [-0.4, -0.2) is 18.4 Å². The van der Waals surface area contributed by atoms with Gasteiger partial charge in [-0.05, 0) is 54.5 Å². The van der Waals surface area contributed by atoms with Gasteiger partial charge < -0.3 is 16.4 Å². The van der Waals surface area contributed by atoms with E-state index < -0.39 is 0 Å². The maximum Gasteiger partial charge on any atom is 0.225 e. The van der Waals surface area contributed by atoms with Crippen molar-refractivity contribution < 1.29 is 4.79 Å². The number of fused-ring (bicyclic) bond motifs is 2. The third-order valence-corrected chi connectivity index (χ3v) is 5.25. The monoisotopic (exact) mass is 348 g/mol. The van der Waals surface area contributed by atoms with Crippen LogP contribution in [0.4, 0.5) is 11.4 Å². The maximum atomic E-state index is 11.9. The second kappa shape index (κ2) is 7.20. The fourth-order valence-electron chi connectivity index (χ4n) is 3.95. The van der Waals surface area contributed by atoms with Crippen molar-refractivity contribution in [3.63, 3.8) is 0 Å². The molecule has 0 spiro atoms. The Balaban J connectivity index is 1.49. The van der Waals surface area contributed by atoms with E-state index in [9.17, 15) is 4.79 Å². The lowest BCUT2D eigenvalue weighted by Gasteiger charge is -2.24. The topological polar surface area (TPSA) is 79.5 Å². The largest absolute Gasteiger partial charge is 0.370 e. The number of rotatable bonds is 3. The van der Waals surface area contributed by atoms with Crippen LogP contribution in [0.15, 0.2) is 47.5 Å². The van der Waals surface area contributed by atoms with E-state index in [2.05, 4.69) is 33.8 Å². The standard InChI is InChI=1S/C21H24N4O/c22-21(25-19-11-5-7-14-6-1-2-8-16(14)19)23-13-15-12-20(26)24-18-10-4-3-9-17(15)18/h3-5,7,9-11,15H,1-2,6,8,12-13H2,(H,24,26)(H3,22,23,25). The molecule has 1 amide bonds. The first kappa shape index (κ1) is 16.6. The molecule has 134 valence electrons. The lowest BCUT2D eigenvalue weighted by atomic mass is 9.90. The van der Waals surface area contributed by atoms with Gasteiger partial charge in [0.25, 0.3) is 0 Å². The highest BCUT2D eigenvalue weighted by Crippen LogP contribution is 2.32. The van der Waals surface area contributed by atoms with E-state index in [-0.39, 0.29) is 11.8 Å². The highest BCUT2D eigenvalue weighted by atomic mass is 16.1. The van der Waals surface area contributed by atoms with Gasteiger partial charge in [-0.25, -0.2) is 0 Å².